The molecule has 3 heteroatoms. The average Bonchev–Trinajstić information content (AvgIpc) is 3.27. The van der Waals surface area contributed by atoms with Crippen molar-refractivity contribution in [1.29, 1.82) is 0 Å². The summed E-state index contributed by atoms with van der Waals surface area (Å²) in [6.45, 7) is 7.05. The van der Waals surface area contributed by atoms with E-state index in [1.165, 1.54) is 5.56 Å². The Kier molecular flexibility index (Phi) is 5.60. The zero-order chi connectivity index (χ0) is 14.4. The summed E-state index contributed by atoms with van der Waals surface area (Å²) in [5.74, 6) is 1.67. The van der Waals surface area contributed by atoms with Gasteiger partial charge in [0, 0.05) is 25.6 Å². The highest BCUT2D eigenvalue weighted by Gasteiger charge is 2.28. The maximum absolute atomic E-state index is 11.5. The van der Waals surface area contributed by atoms with Crippen LogP contribution in [0.1, 0.15) is 38.2 Å². The maximum Gasteiger partial charge on any atom is 0.223 e. The van der Waals surface area contributed by atoms with Gasteiger partial charge in [-0.15, -0.1) is 0 Å². The number of carbonyl (C=O) groups is 1. The van der Waals surface area contributed by atoms with Gasteiger partial charge in [-0.1, -0.05) is 44.2 Å². The van der Waals surface area contributed by atoms with E-state index in [0.29, 0.717) is 17.8 Å². The summed E-state index contributed by atoms with van der Waals surface area (Å²) in [5, 5.41) is 6.45. The van der Waals surface area contributed by atoms with E-state index in [1.807, 2.05) is 0 Å². The van der Waals surface area contributed by atoms with Crippen molar-refractivity contribution < 1.29 is 4.79 Å². The first kappa shape index (κ1) is 15.0. The number of benzene rings is 1. The second kappa shape index (κ2) is 7.44. The normalized spacial score (nSPS) is 16.1. The number of hydrogen-bond acceptors (Lipinski definition) is 2. The average molecular weight is 274 g/mol. The molecule has 1 aliphatic rings. The van der Waals surface area contributed by atoms with Crippen LogP contribution in [0.4, 0.5) is 0 Å². The van der Waals surface area contributed by atoms with Crippen LogP contribution in [-0.2, 0) is 4.79 Å². The van der Waals surface area contributed by atoms with Crippen LogP contribution < -0.4 is 10.6 Å². The molecule has 0 saturated heterocycles. The lowest BCUT2D eigenvalue weighted by Crippen LogP contribution is -2.34. The minimum Gasteiger partial charge on any atom is -0.355 e. The Bertz CT molecular complexity index is 412. The molecular weight excluding hydrogens is 248 g/mol. The fourth-order valence-corrected chi connectivity index (χ4v) is 2.46. The third-order valence-electron chi connectivity index (χ3n) is 3.95. The first-order valence-corrected chi connectivity index (χ1v) is 7.72. The number of nitrogens with one attached hydrogen (secondary N) is 2. The van der Waals surface area contributed by atoms with Crippen molar-refractivity contribution in [2.45, 2.75) is 32.6 Å². The molecule has 20 heavy (non-hydrogen) atoms. The van der Waals surface area contributed by atoms with Gasteiger partial charge in [-0.25, -0.2) is 0 Å². The molecule has 1 saturated carbocycles. The van der Waals surface area contributed by atoms with E-state index in [9.17, 15) is 4.79 Å². The molecule has 0 heterocycles. The number of amides is 1. The van der Waals surface area contributed by atoms with Gasteiger partial charge in [0.2, 0.25) is 5.91 Å². The van der Waals surface area contributed by atoms with E-state index in [1.54, 1.807) is 0 Å². The van der Waals surface area contributed by atoms with Gasteiger partial charge < -0.3 is 10.6 Å². The van der Waals surface area contributed by atoms with E-state index in [2.05, 4.69) is 54.8 Å². The smallest absolute Gasteiger partial charge is 0.223 e. The predicted molar refractivity (Wildman–Crippen MR) is 82.6 cm³/mol. The Hall–Kier alpha value is -1.35. The zero-order valence-electron chi connectivity index (χ0n) is 12.6. The molecule has 1 aromatic carbocycles. The molecule has 0 radical (unpaired) electrons. The molecular formula is C17H26N2O. The van der Waals surface area contributed by atoms with Crippen LogP contribution in [0.5, 0.6) is 0 Å². The van der Waals surface area contributed by atoms with Crippen molar-refractivity contribution in [3.8, 4) is 0 Å². The van der Waals surface area contributed by atoms with Crippen molar-refractivity contribution in [3.05, 3.63) is 35.9 Å². The van der Waals surface area contributed by atoms with Gasteiger partial charge in [0.1, 0.15) is 0 Å². The van der Waals surface area contributed by atoms with Gasteiger partial charge >= 0.3 is 0 Å². The van der Waals surface area contributed by atoms with Crippen LogP contribution in [0, 0.1) is 11.8 Å². The first-order valence-electron chi connectivity index (χ1n) is 7.72. The summed E-state index contributed by atoms with van der Waals surface area (Å²) in [7, 11) is 0. The Morgan fingerprint density at radius 2 is 1.90 bits per heavy atom. The summed E-state index contributed by atoms with van der Waals surface area (Å²) in [4.78, 5) is 11.5. The quantitative estimate of drug-likeness (QED) is 0.715. The predicted octanol–water partition coefficient (Wildman–Crippen LogP) is 2.54. The number of hydrogen-bond donors (Lipinski definition) is 2. The fourth-order valence-electron chi connectivity index (χ4n) is 2.46. The third-order valence-corrected chi connectivity index (χ3v) is 3.95. The Balaban J connectivity index is 1.68. The molecule has 1 aromatic rings. The van der Waals surface area contributed by atoms with E-state index in [4.69, 9.17) is 0 Å². The first-order chi connectivity index (χ1) is 9.68. The largest absolute Gasteiger partial charge is 0.355 e. The standard InChI is InChI=1S/C17H26N2O/c1-13(2)16(14-6-4-3-5-7-14)12-18-10-11-19-17(20)15-8-9-15/h3-7,13,15-16,18H,8-12H2,1-2H3,(H,19,20). The van der Waals surface area contributed by atoms with Gasteiger partial charge in [-0.05, 0) is 30.2 Å². The molecule has 1 fully saturated rings. The van der Waals surface area contributed by atoms with Crippen molar-refractivity contribution in [2.75, 3.05) is 19.6 Å². The van der Waals surface area contributed by atoms with E-state index in [0.717, 1.165) is 32.5 Å². The Labute approximate surface area is 122 Å². The highest BCUT2D eigenvalue weighted by Crippen LogP contribution is 2.28. The van der Waals surface area contributed by atoms with Crippen LogP contribution in [0.15, 0.2) is 30.3 Å². The lowest BCUT2D eigenvalue weighted by atomic mass is 9.88. The highest BCUT2D eigenvalue weighted by atomic mass is 16.2. The molecule has 0 aromatic heterocycles. The zero-order valence-corrected chi connectivity index (χ0v) is 12.6. The van der Waals surface area contributed by atoms with Gasteiger partial charge in [-0.2, -0.15) is 0 Å². The molecule has 2 rings (SSSR count). The molecule has 1 amide bonds. The molecule has 1 atom stereocenters. The van der Waals surface area contributed by atoms with Crippen LogP contribution in [0.2, 0.25) is 0 Å². The highest BCUT2D eigenvalue weighted by molar-refractivity contribution is 5.80. The van der Waals surface area contributed by atoms with Crippen molar-refractivity contribution >= 4 is 5.91 Å². The molecule has 2 N–H and O–H groups in total. The van der Waals surface area contributed by atoms with Gasteiger partial charge in [0.25, 0.3) is 0 Å². The fraction of sp³-hybridized carbons (Fsp3) is 0.588. The number of rotatable bonds is 8. The molecule has 1 unspecified atom stereocenters. The Morgan fingerprint density at radius 3 is 2.50 bits per heavy atom. The monoisotopic (exact) mass is 274 g/mol. The van der Waals surface area contributed by atoms with Gasteiger partial charge in [-0.3, -0.25) is 4.79 Å². The lowest BCUT2D eigenvalue weighted by molar-refractivity contribution is -0.122. The van der Waals surface area contributed by atoms with Crippen molar-refractivity contribution in [1.82, 2.24) is 10.6 Å². The minimum atomic E-state index is 0.232. The second-order valence-corrected chi connectivity index (χ2v) is 6.03. The molecule has 1 aliphatic carbocycles. The molecule has 0 spiro atoms. The summed E-state index contributed by atoms with van der Waals surface area (Å²) in [6, 6.07) is 10.6. The summed E-state index contributed by atoms with van der Waals surface area (Å²) in [6.07, 6.45) is 2.14. The van der Waals surface area contributed by atoms with Crippen LogP contribution in [0.25, 0.3) is 0 Å². The van der Waals surface area contributed by atoms with Gasteiger partial charge in [0.15, 0.2) is 0 Å². The third kappa shape index (κ3) is 4.64. The van der Waals surface area contributed by atoms with Gasteiger partial charge in [0.05, 0.1) is 0 Å². The topological polar surface area (TPSA) is 41.1 Å². The summed E-state index contributed by atoms with van der Waals surface area (Å²) in [5.41, 5.74) is 1.39. The van der Waals surface area contributed by atoms with Crippen LogP contribution >= 0.6 is 0 Å². The Morgan fingerprint density at radius 1 is 1.20 bits per heavy atom. The van der Waals surface area contributed by atoms with Crippen LogP contribution in [0.3, 0.4) is 0 Å². The van der Waals surface area contributed by atoms with Crippen molar-refractivity contribution in [3.63, 3.8) is 0 Å². The lowest BCUT2D eigenvalue weighted by Gasteiger charge is -2.22. The summed E-state index contributed by atoms with van der Waals surface area (Å²) >= 11 is 0. The van der Waals surface area contributed by atoms with E-state index >= 15 is 0 Å². The van der Waals surface area contributed by atoms with Crippen molar-refractivity contribution in [2.24, 2.45) is 11.8 Å². The van der Waals surface area contributed by atoms with Crippen LogP contribution in [-0.4, -0.2) is 25.5 Å². The second-order valence-electron chi connectivity index (χ2n) is 6.03. The SMILES string of the molecule is CC(C)C(CNCCNC(=O)C1CC1)c1ccccc1. The molecule has 110 valence electrons. The maximum atomic E-state index is 11.5. The number of carbonyl (C=O) groups excluding carboxylic acids is 1. The minimum absolute atomic E-state index is 0.232. The molecule has 3 nitrogen and oxygen atoms in total. The molecule has 0 bridgehead atoms. The van der Waals surface area contributed by atoms with E-state index < -0.39 is 0 Å². The molecule has 0 aliphatic heterocycles. The summed E-state index contributed by atoms with van der Waals surface area (Å²) < 4.78 is 0. The van der Waals surface area contributed by atoms with E-state index in [-0.39, 0.29) is 5.91 Å².